The second-order valence-corrected chi connectivity index (χ2v) is 11.7. The van der Waals surface area contributed by atoms with Gasteiger partial charge in [-0.05, 0) is 55.4 Å². The number of ether oxygens (including phenoxy) is 1. The Morgan fingerprint density at radius 2 is 1.29 bits per heavy atom. The number of rotatable bonds is 7. The third-order valence-corrected chi connectivity index (χ3v) is 7.75. The first-order valence-corrected chi connectivity index (χ1v) is 11.3. The smallest absolute Gasteiger partial charge is 0.428 e. The molecule has 0 fully saturated rings. The van der Waals surface area contributed by atoms with Gasteiger partial charge in [-0.3, -0.25) is 0 Å². The van der Waals surface area contributed by atoms with E-state index < -0.39 is 32.5 Å². The van der Waals surface area contributed by atoms with E-state index in [0.717, 1.165) is 18.3 Å². The van der Waals surface area contributed by atoms with Crippen LogP contribution in [0.3, 0.4) is 0 Å². The number of hydrogen-bond donors (Lipinski definition) is 1. The van der Waals surface area contributed by atoms with E-state index >= 15 is 0 Å². The van der Waals surface area contributed by atoms with Gasteiger partial charge in [-0.2, -0.15) is 8.78 Å². The van der Waals surface area contributed by atoms with Gasteiger partial charge in [-0.15, -0.1) is 0 Å². The zero-order valence-corrected chi connectivity index (χ0v) is 25.4. The van der Waals surface area contributed by atoms with Crippen molar-refractivity contribution < 1.29 is 66.7 Å². The maximum atomic E-state index is 12.8. The van der Waals surface area contributed by atoms with E-state index in [1.807, 2.05) is 0 Å². The Bertz CT molecular complexity index is 691. The SMILES string of the molecule is CC(C)(O)C(C)(C)OC(=O)C(F)(F)S(=O)(=O)[O-].CC[N+](C)(CC)C(C)(C)C(C)(C)C.[Hf]. The number of alkyl halides is 2. The van der Waals surface area contributed by atoms with E-state index in [-0.39, 0.29) is 25.8 Å². The van der Waals surface area contributed by atoms with E-state index in [2.05, 4.69) is 60.3 Å². The molecule has 0 aromatic rings. The molecule has 0 radical (unpaired) electrons. The molecule has 0 spiro atoms. The molecule has 1 N–H and O–H groups in total. The Labute approximate surface area is 206 Å². The fraction of sp³-hybridized carbons (Fsp3) is 0.950. The summed E-state index contributed by atoms with van der Waals surface area (Å²) >= 11 is 0. The van der Waals surface area contributed by atoms with Crippen LogP contribution in [0.4, 0.5) is 8.78 Å². The minimum absolute atomic E-state index is 0. The minimum Gasteiger partial charge on any atom is -0.743 e. The van der Waals surface area contributed by atoms with Gasteiger partial charge in [0, 0.05) is 31.3 Å². The van der Waals surface area contributed by atoms with Gasteiger partial charge in [0.25, 0.3) is 0 Å². The number of halogens is 2. The average Bonchev–Trinajstić information content (AvgIpc) is 2.50. The van der Waals surface area contributed by atoms with Gasteiger partial charge < -0.3 is 18.9 Å². The molecule has 186 valence electrons. The second-order valence-electron chi connectivity index (χ2n) is 10.3. The van der Waals surface area contributed by atoms with Crippen LogP contribution < -0.4 is 0 Å². The number of quaternary nitrogens is 1. The summed E-state index contributed by atoms with van der Waals surface area (Å²) in [5.41, 5.74) is -2.81. The summed E-state index contributed by atoms with van der Waals surface area (Å²) in [6, 6.07) is 0. The maximum absolute atomic E-state index is 12.8. The Hall–Kier alpha value is 0.0301. The van der Waals surface area contributed by atoms with Crippen molar-refractivity contribution in [3.8, 4) is 0 Å². The first-order chi connectivity index (χ1) is 12.7. The molecular weight excluding hydrogens is 599 g/mol. The number of hydrogen-bond acceptors (Lipinski definition) is 6. The van der Waals surface area contributed by atoms with Gasteiger partial charge >= 0.3 is 11.2 Å². The molecule has 0 aliphatic rings. The van der Waals surface area contributed by atoms with Gasteiger partial charge in [-0.1, -0.05) is 20.8 Å². The van der Waals surface area contributed by atoms with Crippen molar-refractivity contribution in [2.45, 2.75) is 98.2 Å². The van der Waals surface area contributed by atoms with E-state index in [1.54, 1.807) is 0 Å². The molecule has 0 saturated heterocycles. The van der Waals surface area contributed by atoms with Crippen LogP contribution in [0.5, 0.6) is 0 Å². The third kappa shape index (κ3) is 8.39. The number of nitrogens with zero attached hydrogens (tertiary/aromatic N) is 1. The van der Waals surface area contributed by atoms with E-state index in [1.165, 1.54) is 26.9 Å². The molecule has 0 aliphatic carbocycles. The van der Waals surface area contributed by atoms with Crippen molar-refractivity contribution in [1.82, 2.24) is 0 Å². The van der Waals surface area contributed by atoms with Gasteiger partial charge in [-0.25, -0.2) is 13.2 Å². The second kappa shape index (κ2) is 11.0. The Balaban J connectivity index is -0.000000507. The van der Waals surface area contributed by atoms with Crippen molar-refractivity contribution in [3.63, 3.8) is 0 Å². The third-order valence-electron chi connectivity index (χ3n) is 6.95. The van der Waals surface area contributed by atoms with E-state index in [0.29, 0.717) is 11.0 Å². The number of esters is 1. The zero-order valence-electron chi connectivity index (χ0n) is 21.0. The van der Waals surface area contributed by atoms with Crippen molar-refractivity contribution in [2.75, 3.05) is 20.1 Å². The van der Waals surface area contributed by atoms with Crippen LogP contribution in [0.25, 0.3) is 0 Å². The molecule has 0 amide bonds. The first-order valence-electron chi connectivity index (χ1n) is 9.89. The molecule has 0 atom stereocenters. The molecule has 0 bridgehead atoms. The molecule has 7 nitrogen and oxygen atoms in total. The van der Waals surface area contributed by atoms with Crippen molar-refractivity contribution >= 4 is 16.1 Å². The Morgan fingerprint density at radius 3 is 1.45 bits per heavy atom. The molecule has 0 aromatic carbocycles. The summed E-state index contributed by atoms with van der Waals surface area (Å²) in [5, 5.41) is 4.33. The van der Waals surface area contributed by atoms with Crippen LogP contribution in [0.2, 0.25) is 0 Å². The maximum Gasteiger partial charge on any atom is 0.428 e. The molecule has 31 heavy (non-hydrogen) atoms. The number of carbonyl (C=O) groups is 1. The Morgan fingerprint density at radius 1 is 0.968 bits per heavy atom. The minimum atomic E-state index is -6.16. The molecule has 0 aromatic heterocycles. The standard InChI is InChI=1S/C12H28N.C8H14F2O6S.Hf/c1-9-13(8,10-2)12(6,7)11(3,4)5;1-6(2,12)7(3,4)16-5(11)8(9,10)17(13,14)15;/h9-10H2,1-8H3;12H,1-4H3,(H,13,14,15);/q+1;;/p-1. The van der Waals surface area contributed by atoms with Gasteiger partial charge in [0.15, 0.2) is 10.1 Å². The van der Waals surface area contributed by atoms with Gasteiger partial charge in [0.2, 0.25) is 0 Å². The topological polar surface area (TPSA) is 104 Å². The van der Waals surface area contributed by atoms with Crippen LogP contribution in [0.1, 0.15) is 76.2 Å². The van der Waals surface area contributed by atoms with Crippen LogP contribution in [0.15, 0.2) is 0 Å². The molecule has 0 aliphatic heterocycles. The zero-order chi connectivity index (χ0) is 25.2. The molecule has 11 heteroatoms. The summed E-state index contributed by atoms with van der Waals surface area (Å²) in [5.74, 6) is -2.51. The monoisotopic (exact) mass is 641 g/mol. The predicted octanol–water partition coefficient (Wildman–Crippen LogP) is 3.51. The summed E-state index contributed by atoms with van der Waals surface area (Å²) in [6.07, 6.45) is 0. The largest absolute Gasteiger partial charge is 0.743 e. The number of aliphatic hydroxyl groups is 1. The fourth-order valence-electron chi connectivity index (χ4n) is 2.34. The molecule has 0 saturated carbocycles. The summed E-state index contributed by atoms with van der Waals surface area (Å²) in [7, 11) is -3.79. The van der Waals surface area contributed by atoms with Crippen molar-refractivity contribution in [2.24, 2.45) is 5.41 Å². The summed E-state index contributed by atoms with van der Waals surface area (Å²) < 4.78 is 61.4. The van der Waals surface area contributed by atoms with Crippen LogP contribution in [-0.2, 0) is 45.5 Å². The van der Waals surface area contributed by atoms with Gasteiger partial charge in [0.05, 0.1) is 31.3 Å². The molecule has 0 heterocycles. The quantitative estimate of drug-likeness (QED) is 0.198. The number of carbonyl (C=O) groups excluding carboxylic acids is 1. The van der Waals surface area contributed by atoms with Gasteiger partial charge in [0.1, 0.15) is 5.60 Å². The van der Waals surface area contributed by atoms with E-state index in [9.17, 15) is 31.7 Å². The molecule has 0 rings (SSSR count). The van der Waals surface area contributed by atoms with Crippen LogP contribution in [0, 0.1) is 5.41 Å². The normalized spacial score (nSPS) is 14.2. The summed E-state index contributed by atoms with van der Waals surface area (Å²) in [6.45, 7) is 23.3. The van der Waals surface area contributed by atoms with E-state index in [4.69, 9.17) is 0 Å². The molecular formula is C20H41F2HfNO6S. The predicted molar refractivity (Wildman–Crippen MR) is 112 cm³/mol. The van der Waals surface area contributed by atoms with Crippen LogP contribution >= 0.6 is 0 Å². The van der Waals surface area contributed by atoms with Crippen molar-refractivity contribution in [3.05, 3.63) is 0 Å². The summed E-state index contributed by atoms with van der Waals surface area (Å²) in [4.78, 5) is 10.9. The molecule has 0 unspecified atom stereocenters. The fourth-order valence-corrected chi connectivity index (χ4v) is 2.59. The average molecular weight is 640 g/mol. The first kappa shape index (κ1) is 35.6. The Kier molecular flexibility index (Phi) is 12.6. The van der Waals surface area contributed by atoms with Crippen LogP contribution in [-0.4, -0.2) is 70.7 Å². The van der Waals surface area contributed by atoms with Crippen molar-refractivity contribution in [1.29, 1.82) is 0 Å².